The average molecular weight is 416 g/mol. The molecule has 1 aromatic heterocycles. The molecule has 0 unspecified atom stereocenters. The number of nitriles is 1. The van der Waals surface area contributed by atoms with Crippen molar-refractivity contribution in [1.82, 2.24) is 0 Å². The van der Waals surface area contributed by atoms with Gasteiger partial charge < -0.3 is 11.1 Å². The van der Waals surface area contributed by atoms with Crippen LogP contribution in [0.1, 0.15) is 20.8 Å². The van der Waals surface area contributed by atoms with Crippen LogP contribution >= 0.6 is 27.3 Å². The van der Waals surface area contributed by atoms with E-state index < -0.39 is 0 Å². The molecule has 0 aliphatic carbocycles. The van der Waals surface area contributed by atoms with Crippen LogP contribution < -0.4 is 11.1 Å². The molecule has 3 N–H and O–H groups in total. The lowest BCUT2D eigenvalue weighted by Gasteiger charge is -2.03. The van der Waals surface area contributed by atoms with Crippen molar-refractivity contribution in [3.63, 3.8) is 0 Å². The van der Waals surface area contributed by atoms with E-state index in [0.717, 1.165) is 15.8 Å². The van der Waals surface area contributed by atoms with Crippen molar-refractivity contribution in [2.75, 3.05) is 11.1 Å². The largest absolute Gasteiger partial charge is 0.396 e. The zero-order chi connectivity index (χ0) is 18.0. The van der Waals surface area contributed by atoms with E-state index in [1.165, 1.54) is 12.1 Å². The van der Waals surface area contributed by atoms with Gasteiger partial charge in [-0.05, 0) is 48.5 Å². The predicted molar refractivity (Wildman–Crippen MR) is 101 cm³/mol. The van der Waals surface area contributed by atoms with Crippen LogP contribution in [0, 0.1) is 17.1 Å². The van der Waals surface area contributed by atoms with Crippen LogP contribution in [0.15, 0.2) is 53.0 Å². The maximum Gasteiger partial charge on any atom is 0.205 e. The number of carbonyl (C=O) groups excluding carboxylic acids is 1. The number of nitrogens with two attached hydrogens (primary N) is 1. The van der Waals surface area contributed by atoms with Crippen molar-refractivity contribution in [3.8, 4) is 6.07 Å². The van der Waals surface area contributed by atoms with Gasteiger partial charge in [0.25, 0.3) is 0 Å². The Hall–Kier alpha value is -2.69. The molecule has 0 spiro atoms. The Morgan fingerprint density at radius 3 is 2.40 bits per heavy atom. The lowest BCUT2D eigenvalue weighted by atomic mass is 10.1. The first-order chi connectivity index (χ1) is 12.0. The number of hydrogen-bond acceptors (Lipinski definition) is 5. The van der Waals surface area contributed by atoms with Gasteiger partial charge >= 0.3 is 0 Å². The molecule has 124 valence electrons. The molecule has 7 heteroatoms. The SMILES string of the molecule is N#Cc1c(Nc2ccc(F)cc2)sc(C(=O)c2ccc(Br)cc2)c1N. The highest BCUT2D eigenvalue weighted by Gasteiger charge is 2.22. The molecule has 3 rings (SSSR count). The van der Waals surface area contributed by atoms with Crippen molar-refractivity contribution in [3.05, 3.63) is 74.8 Å². The molecule has 4 nitrogen and oxygen atoms in total. The summed E-state index contributed by atoms with van der Waals surface area (Å²) in [6, 6.07) is 14.6. The second kappa shape index (κ2) is 7.05. The molecular weight excluding hydrogens is 405 g/mol. The minimum absolute atomic E-state index is 0.144. The third kappa shape index (κ3) is 3.55. The fourth-order valence-electron chi connectivity index (χ4n) is 2.21. The summed E-state index contributed by atoms with van der Waals surface area (Å²) in [6.07, 6.45) is 0. The highest BCUT2D eigenvalue weighted by molar-refractivity contribution is 9.10. The quantitative estimate of drug-likeness (QED) is 0.582. The summed E-state index contributed by atoms with van der Waals surface area (Å²) < 4.78 is 13.9. The zero-order valence-electron chi connectivity index (χ0n) is 12.7. The minimum Gasteiger partial charge on any atom is -0.396 e. The van der Waals surface area contributed by atoms with Crippen LogP contribution in [-0.4, -0.2) is 5.78 Å². The van der Waals surface area contributed by atoms with Crippen LogP contribution in [0.3, 0.4) is 0 Å². The number of nitrogens with zero attached hydrogens (tertiary/aromatic N) is 1. The van der Waals surface area contributed by atoms with Crippen molar-refractivity contribution < 1.29 is 9.18 Å². The number of nitrogens with one attached hydrogen (secondary N) is 1. The van der Waals surface area contributed by atoms with Gasteiger partial charge in [0, 0.05) is 15.7 Å². The average Bonchev–Trinajstić information content (AvgIpc) is 2.92. The number of nitrogen functional groups attached to an aromatic ring is 1. The van der Waals surface area contributed by atoms with E-state index in [1.54, 1.807) is 36.4 Å². The molecule has 1 heterocycles. The van der Waals surface area contributed by atoms with Gasteiger partial charge in [0.1, 0.15) is 27.3 Å². The number of halogens is 2. The van der Waals surface area contributed by atoms with Gasteiger partial charge in [-0.15, -0.1) is 11.3 Å². The Bertz CT molecular complexity index is 975. The fourth-order valence-corrected chi connectivity index (χ4v) is 3.53. The van der Waals surface area contributed by atoms with E-state index in [0.29, 0.717) is 21.1 Å². The Balaban J connectivity index is 1.97. The van der Waals surface area contributed by atoms with Crippen molar-refractivity contribution >= 4 is 49.4 Å². The van der Waals surface area contributed by atoms with Crippen LogP contribution in [0.25, 0.3) is 0 Å². The fraction of sp³-hybridized carbons (Fsp3) is 0. The van der Waals surface area contributed by atoms with Crippen molar-refractivity contribution in [1.29, 1.82) is 5.26 Å². The third-order valence-electron chi connectivity index (χ3n) is 3.47. The van der Waals surface area contributed by atoms with E-state index in [9.17, 15) is 14.4 Å². The van der Waals surface area contributed by atoms with Crippen LogP contribution in [-0.2, 0) is 0 Å². The molecule has 25 heavy (non-hydrogen) atoms. The lowest BCUT2D eigenvalue weighted by molar-refractivity contribution is 0.104. The number of carbonyl (C=O) groups is 1. The summed E-state index contributed by atoms with van der Waals surface area (Å²) in [5.74, 6) is -0.610. The molecule has 2 aromatic carbocycles. The first-order valence-corrected chi connectivity index (χ1v) is 8.75. The van der Waals surface area contributed by atoms with Gasteiger partial charge in [-0.25, -0.2) is 4.39 Å². The molecule has 0 saturated carbocycles. The smallest absolute Gasteiger partial charge is 0.205 e. The molecule has 0 aliphatic rings. The highest BCUT2D eigenvalue weighted by atomic mass is 79.9. The summed E-state index contributed by atoms with van der Waals surface area (Å²) in [5.41, 5.74) is 7.44. The first kappa shape index (κ1) is 17.1. The minimum atomic E-state index is -0.358. The lowest BCUT2D eigenvalue weighted by Crippen LogP contribution is -2.02. The number of anilines is 3. The molecule has 0 amide bonds. The van der Waals surface area contributed by atoms with E-state index in [4.69, 9.17) is 5.73 Å². The number of ketones is 1. The summed E-state index contributed by atoms with van der Waals surface area (Å²) in [6.45, 7) is 0. The van der Waals surface area contributed by atoms with Gasteiger partial charge in [-0.2, -0.15) is 5.26 Å². The number of hydrogen-bond donors (Lipinski definition) is 2. The number of rotatable bonds is 4. The Morgan fingerprint density at radius 2 is 1.80 bits per heavy atom. The normalized spacial score (nSPS) is 10.3. The second-order valence-electron chi connectivity index (χ2n) is 5.13. The maximum absolute atomic E-state index is 13.0. The van der Waals surface area contributed by atoms with Gasteiger partial charge in [-0.3, -0.25) is 4.79 Å². The molecule has 0 saturated heterocycles. The number of thiophene rings is 1. The standard InChI is InChI=1S/C18H11BrFN3OS/c19-11-3-1-10(2-4-11)16(24)17-15(22)14(9-21)18(25-17)23-13-7-5-12(20)6-8-13/h1-8,23H,22H2. The maximum atomic E-state index is 13.0. The Morgan fingerprint density at radius 1 is 1.16 bits per heavy atom. The second-order valence-corrected chi connectivity index (χ2v) is 7.06. The Kier molecular flexibility index (Phi) is 4.83. The van der Waals surface area contributed by atoms with Crippen molar-refractivity contribution in [2.24, 2.45) is 0 Å². The van der Waals surface area contributed by atoms with E-state index in [1.807, 2.05) is 6.07 Å². The molecule has 3 aromatic rings. The molecule has 0 fully saturated rings. The first-order valence-electron chi connectivity index (χ1n) is 7.15. The monoisotopic (exact) mass is 415 g/mol. The molecular formula is C18H11BrFN3OS. The molecule has 0 atom stereocenters. The summed E-state index contributed by atoms with van der Waals surface area (Å²) in [4.78, 5) is 13.0. The zero-order valence-corrected chi connectivity index (χ0v) is 15.1. The van der Waals surface area contributed by atoms with Crippen LogP contribution in [0.4, 0.5) is 20.8 Å². The third-order valence-corrected chi connectivity index (χ3v) is 5.12. The molecule has 0 bridgehead atoms. The van der Waals surface area contributed by atoms with Crippen molar-refractivity contribution in [2.45, 2.75) is 0 Å². The van der Waals surface area contributed by atoms with Gasteiger partial charge in [0.05, 0.1) is 5.69 Å². The molecule has 0 aliphatic heterocycles. The summed E-state index contributed by atoms with van der Waals surface area (Å²) >= 11 is 4.42. The number of benzene rings is 2. The summed E-state index contributed by atoms with van der Waals surface area (Å²) in [7, 11) is 0. The van der Waals surface area contributed by atoms with Gasteiger partial charge in [0.15, 0.2) is 0 Å². The molecule has 0 radical (unpaired) electrons. The predicted octanol–water partition coefficient (Wildman–Crippen LogP) is 5.08. The van der Waals surface area contributed by atoms with E-state index >= 15 is 0 Å². The Labute approximate surface area is 155 Å². The highest BCUT2D eigenvalue weighted by Crippen LogP contribution is 2.38. The van der Waals surface area contributed by atoms with E-state index in [2.05, 4.69) is 21.2 Å². The van der Waals surface area contributed by atoms with Crippen LogP contribution in [0.2, 0.25) is 0 Å². The van der Waals surface area contributed by atoms with Gasteiger partial charge in [-0.1, -0.05) is 15.9 Å². The van der Waals surface area contributed by atoms with Gasteiger partial charge in [0.2, 0.25) is 5.78 Å². The summed E-state index contributed by atoms with van der Waals surface area (Å²) in [5, 5.41) is 12.9. The van der Waals surface area contributed by atoms with Crippen LogP contribution in [0.5, 0.6) is 0 Å². The van der Waals surface area contributed by atoms with E-state index in [-0.39, 0.29) is 22.9 Å². The topological polar surface area (TPSA) is 78.9 Å².